The van der Waals surface area contributed by atoms with Crippen LogP contribution in [0, 0.1) is 0 Å². The van der Waals surface area contributed by atoms with Crippen molar-refractivity contribution in [1.29, 1.82) is 0 Å². The van der Waals surface area contributed by atoms with Gasteiger partial charge >= 0.3 is 0 Å². The Hall–Kier alpha value is -4.07. The molecule has 1 fully saturated rings. The van der Waals surface area contributed by atoms with Gasteiger partial charge in [-0.05, 0) is 72.6 Å². The average Bonchev–Trinajstić information content (AvgIpc) is 3.63. The quantitative estimate of drug-likeness (QED) is 0.529. The fraction of sp³-hybridized carbons (Fsp3) is 0.269. The lowest BCUT2D eigenvalue weighted by molar-refractivity contribution is -0.135. The molecule has 0 saturated carbocycles. The van der Waals surface area contributed by atoms with Crippen LogP contribution in [0.1, 0.15) is 36.6 Å². The number of ether oxygens (including phenoxy) is 2. The second kappa shape index (κ2) is 9.43. The van der Waals surface area contributed by atoms with Crippen molar-refractivity contribution < 1.29 is 23.5 Å². The SMILES string of the molecule is COc1ccc(C2=NN(C(=O)COc3ccc(N4CCCC4=O)cc3)[C@H](c3ccco3)C2)cc1. The van der Waals surface area contributed by atoms with Crippen molar-refractivity contribution in [3.05, 3.63) is 78.3 Å². The van der Waals surface area contributed by atoms with E-state index in [2.05, 4.69) is 5.10 Å². The molecule has 5 rings (SSSR count). The Balaban J connectivity index is 1.29. The van der Waals surface area contributed by atoms with E-state index in [1.807, 2.05) is 42.5 Å². The van der Waals surface area contributed by atoms with E-state index in [-0.39, 0.29) is 24.5 Å². The van der Waals surface area contributed by atoms with E-state index in [1.165, 1.54) is 5.01 Å². The fourth-order valence-corrected chi connectivity index (χ4v) is 4.26. The predicted octanol–water partition coefficient (Wildman–Crippen LogP) is 4.17. The van der Waals surface area contributed by atoms with Crippen LogP contribution in [0.2, 0.25) is 0 Å². The number of anilines is 1. The highest BCUT2D eigenvalue weighted by Crippen LogP contribution is 2.33. The molecule has 0 unspecified atom stereocenters. The summed E-state index contributed by atoms with van der Waals surface area (Å²) in [4.78, 5) is 26.8. The fourth-order valence-electron chi connectivity index (χ4n) is 4.26. The second-order valence-electron chi connectivity index (χ2n) is 8.18. The van der Waals surface area contributed by atoms with Gasteiger partial charge in [-0.15, -0.1) is 0 Å². The molecule has 1 saturated heterocycles. The van der Waals surface area contributed by atoms with Gasteiger partial charge in [-0.1, -0.05) is 0 Å². The molecule has 3 aromatic rings. The first-order valence-corrected chi connectivity index (χ1v) is 11.2. The van der Waals surface area contributed by atoms with Crippen LogP contribution < -0.4 is 14.4 Å². The molecule has 1 atom stereocenters. The number of carbonyl (C=O) groups is 2. The van der Waals surface area contributed by atoms with E-state index in [1.54, 1.807) is 36.5 Å². The lowest BCUT2D eigenvalue weighted by Gasteiger charge is -2.20. The van der Waals surface area contributed by atoms with Crippen molar-refractivity contribution in [1.82, 2.24) is 5.01 Å². The summed E-state index contributed by atoms with van der Waals surface area (Å²) in [5.41, 5.74) is 2.55. The summed E-state index contributed by atoms with van der Waals surface area (Å²) in [7, 11) is 1.62. The monoisotopic (exact) mass is 459 g/mol. The van der Waals surface area contributed by atoms with Gasteiger partial charge in [0.05, 0.1) is 19.1 Å². The number of amides is 2. The van der Waals surface area contributed by atoms with Crippen LogP contribution in [0.15, 0.2) is 76.4 Å². The molecule has 3 heterocycles. The van der Waals surface area contributed by atoms with Crippen molar-refractivity contribution >= 4 is 23.2 Å². The molecule has 0 spiro atoms. The maximum absolute atomic E-state index is 13.1. The van der Waals surface area contributed by atoms with Gasteiger partial charge in [0.15, 0.2) is 6.61 Å². The molecule has 0 aliphatic carbocycles. The Bertz CT molecular complexity index is 1190. The van der Waals surface area contributed by atoms with Gasteiger partial charge in [0.25, 0.3) is 5.91 Å². The van der Waals surface area contributed by atoms with Crippen molar-refractivity contribution in [3.63, 3.8) is 0 Å². The standard InChI is InChI=1S/C26H25N3O5/c1-32-20-10-6-18(7-11-20)22-16-23(24-4-3-15-33-24)29(27-22)26(31)17-34-21-12-8-19(9-13-21)28-14-2-5-25(28)30/h3-4,6-13,15,23H,2,5,14,16-17H2,1H3/t23-/m0/s1. The summed E-state index contributed by atoms with van der Waals surface area (Å²) >= 11 is 0. The molecular weight excluding hydrogens is 434 g/mol. The van der Waals surface area contributed by atoms with E-state index in [0.717, 1.165) is 35.7 Å². The number of hydrogen-bond donors (Lipinski definition) is 0. The zero-order chi connectivity index (χ0) is 23.5. The molecule has 34 heavy (non-hydrogen) atoms. The predicted molar refractivity (Wildman–Crippen MR) is 126 cm³/mol. The van der Waals surface area contributed by atoms with Crippen LogP contribution in [-0.2, 0) is 9.59 Å². The number of hydrogen-bond acceptors (Lipinski definition) is 6. The molecule has 0 N–H and O–H groups in total. The molecule has 174 valence electrons. The highest BCUT2D eigenvalue weighted by molar-refractivity contribution is 6.03. The van der Waals surface area contributed by atoms with Crippen LogP contribution >= 0.6 is 0 Å². The summed E-state index contributed by atoms with van der Waals surface area (Å²) in [5, 5.41) is 6.05. The van der Waals surface area contributed by atoms with E-state index in [4.69, 9.17) is 13.9 Å². The van der Waals surface area contributed by atoms with Gasteiger partial charge in [0.2, 0.25) is 5.91 Å². The second-order valence-corrected chi connectivity index (χ2v) is 8.18. The van der Waals surface area contributed by atoms with Gasteiger partial charge < -0.3 is 18.8 Å². The lowest BCUT2D eigenvalue weighted by atomic mass is 10.0. The highest BCUT2D eigenvalue weighted by atomic mass is 16.5. The Labute approximate surface area is 197 Å². The summed E-state index contributed by atoms with van der Waals surface area (Å²) in [6.07, 6.45) is 3.58. The third kappa shape index (κ3) is 4.39. The minimum absolute atomic E-state index is 0.132. The van der Waals surface area contributed by atoms with Crippen molar-refractivity contribution in [2.24, 2.45) is 5.10 Å². The van der Waals surface area contributed by atoms with Crippen LogP contribution in [0.4, 0.5) is 5.69 Å². The summed E-state index contributed by atoms with van der Waals surface area (Å²) < 4.78 is 16.6. The Morgan fingerprint density at radius 3 is 2.50 bits per heavy atom. The number of nitrogens with zero attached hydrogens (tertiary/aromatic N) is 3. The van der Waals surface area contributed by atoms with Crippen LogP contribution in [0.25, 0.3) is 0 Å². The van der Waals surface area contributed by atoms with Gasteiger partial charge in [-0.2, -0.15) is 5.10 Å². The Kier molecular flexibility index (Phi) is 6.03. The smallest absolute Gasteiger partial charge is 0.281 e. The molecule has 0 radical (unpaired) electrons. The van der Waals surface area contributed by atoms with E-state index in [9.17, 15) is 9.59 Å². The van der Waals surface area contributed by atoms with Crippen LogP contribution in [-0.4, -0.2) is 42.8 Å². The number of methoxy groups -OCH3 is 1. The van der Waals surface area contributed by atoms with E-state index in [0.29, 0.717) is 24.4 Å². The van der Waals surface area contributed by atoms with Gasteiger partial charge in [0, 0.05) is 25.1 Å². The van der Waals surface area contributed by atoms with Gasteiger partial charge in [-0.25, -0.2) is 5.01 Å². The molecular formula is C26H25N3O5. The van der Waals surface area contributed by atoms with Gasteiger partial charge in [0.1, 0.15) is 23.3 Å². The molecule has 2 aromatic carbocycles. The number of benzene rings is 2. The first-order valence-electron chi connectivity index (χ1n) is 11.2. The number of carbonyl (C=O) groups excluding carboxylic acids is 2. The van der Waals surface area contributed by atoms with Crippen molar-refractivity contribution in [2.75, 3.05) is 25.2 Å². The lowest BCUT2D eigenvalue weighted by Crippen LogP contribution is -2.31. The topological polar surface area (TPSA) is 84.6 Å². The molecule has 2 aliphatic heterocycles. The maximum Gasteiger partial charge on any atom is 0.281 e. The molecule has 8 nitrogen and oxygen atoms in total. The third-order valence-corrected chi connectivity index (χ3v) is 6.04. The van der Waals surface area contributed by atoms with Crippen molar-refractivity contribution in [2.45, 2.75) is 25.3 Å². The minimum Gasteiger partial charge on any atom is -0.497 e. The van der Waals surface area contributed by atoms with E-state index >= 15 is 0 Å². The molecule has 8 heteroatoms. The van der Waals surface area contributed by atoms with Crippen molar-refractivity contribution in [3.8, 4) is 11.5 Å². The average molecular weight is 460 g/mol. The van der Waals surface area contributed by atoms with Crippen LogP contribution in [0.3, 0.4) is 0 Å². The summed E-state index contributed by atoms with van der Waals surface area (Å²) in [6.45, 7) is 0.563. The number of rotatable bonds is 7. The molecule has 2 amide bonds. The first kappa shape index (κ1) is 21.8. The molecule has 0 bridgehead atoms. The molecule has 2 aliphatic rings. The zero-order valence-corrected chi connectivity index (χ0v) is 18.8. The zero-order valence-electron chi connectivity index (χ0n) is 18.8. The normalized spacial score (nSPS) is 17.7. The number of furan rings is 1. The summed E-state index contributed by atoms with van der Waals surface area (Å²) in [5.74, 6) is 1.83. The Morgan fingerprint density at radius 2 is 1.85 bits per heavy atom. The minimum atomic E-state index is -0.341. The highest BCUT2D eigenvalue weighted by Gasteiger charge is 2.35. The first-order chi connectivity index (χ1) is 16.6. The van der Waals surface area contributed by atoms with Gasteiger partial charge in [-0.3, -0.25) is 9.59 Å². The summed E-state index contributed by atoms with van der Waals surface area (Å²) in [6, 6.07) is 18.1. The number of hydrazone groups is 1. The third-order valence-electron chi connectivity index (χ3n) is 6.04. The maximum atomic E-state index is 13.1. The largest absolute Gasteiger partial charge is 0.497 e. The Morgan fingerprint density at radius 1 is 1.09 bits per heavy atom. The molecule has 1 aromatic heterocycles. The van der Waals surface area contributed by atoms with E-state index < -0.39 is 0 Å². The van der Waals surface area contributed by atoms with Crippen LogP contribution in [0.5, 0.6) is 11.5 Å².